The molecule has 0 bridgehead atoms. The van der Waals surface area contributed by atoms with E-state index in [1.807, 2.05) is 36.3 Å². The first-order valence-corrected chi connectivity index (χ1v) is 9.26. The van der Waals surface area contributed by atoms with Crippen LogP contribution in [0.3, 0.4) is 0 Å². The predicted octanol–water partition coefficient (Wildman–Crippen LogP) is 2.25. The molecule has 1 aromatic heterocycles. The van der Waals surface area contributed by atoms with Crippen molar-refractivity contribution in [3.63, 3.8) is 0 Å². The maximum absolute atomic E-state index is 13.0. The maximum Gasteiger partial charge on any atom is 0.322 e. The van der Waals surface area contributed by atoms with Gasteiger partial charge >= 0.3 is 6.03 Å². The monoisotopic (exact) mass is 349 g/mol. The van der Waals surface area contributed by atoms with Crippen molar-refractivity contribution in [2.75, 3.05) is 0 Å². The Bertz CT molecular complexity index is 634. The Morgan fingerprint density at radius 1 is 1.38 bits per heavy atom. The number of urea groups is 1. The number of nitrogens with one attached hydrogen (secondary N) is 2. The van der Waals surface area contributed by atoms with Gasteiger partial charge in [-0.2, -0.15) is 0 Å². The van der Waals surface area contributed by atoms with E-state index in [1.54, 1.807) is 11.3 Å². The van der Waals surface area contributed by atoms with Gasteiger partial charge in [-0.1, -0.05) is 6.07 Å². The molecule has 0 atom stereocenters. The molecule has 0 aromatic carbocycles. The molecular weight excluding hydrogens is 326 g/mol. The van der Waals surface area contributed by atoms with Crippen LogP contribution < -0.4 is 10.6 Å². The standard InChI is InChI=1S/C17H23N3O3S/c1-11(2)20(10-13-4-3-9-24-13)14(21)12-5-7-17(8-6-12)15(22)18-16(23)19-17/h3-4,9,11-12H,5-8,10H2,1-2H3,(H2,18,19,22,23). The van der Waals surface area contributed by atoms with Crippen LogP contribution in [0.2, 0.25) is 0 Å². The average molecular weight is 349 g/mol. The summed E-state index contributed by atoms with van der Waals surface area (Å²) in [5, 5.41) is 7.07. The van der Waals surface area contributed by atoms with Gasteiger partial charge in [-0.15, -0.1) is 11.3 Å². The summed E-state index contributed by atoms with van der Waals surface area (Å²) in [5.74, 6) is -0.182. The third-order valence-corrected chi connectivity index (χ3v) is 5.88. The molecule has 4 amide bonds. The molecule has 1 aromatic rings. The first-order chi connectivity index (χ1) is 11.4. The van der Waals surface area contributed by atoms with Gasteiger partial charge in [0.25, 0.3) is 5.91 Å². The topological polar surface area (TPSA) is 78.5 Å². The number of nitrogens with zero attached hydrogens (tertiary/aromatic N) is 1. The second-order valence-electron chi connectivity index (χ2n) is 6.90. The number of hydrogen-bond donors (Lipinski definition) is 2. The number of carbonyl (C=O) groups excluding carboxylic acids is 3. The highest BCUT2D eigenvalue weighted by Crippen LogP contribution is 2.35. The molecule has 6 nitrogen and oxygen atoms in total. The Kier molecular flexibility index (Phi) is 4.62. The number of amides is 4. The third-order valence-electron chi connectivity index (χ3n) is 5.02. The van der Waals surface area contributed by atoms with Crippen LogP contribution in [0.5, 0.6) is 0 Å². The normalized spacial score (nSPS) is 26.5. The first kappa shape index (κ1) is 17.0. The number of thiophene rings is 1. The Morgan fingerprint density at radius 3 is 2.58 bits per heavy atom. The zero-order valence-corrected chi connectivity index (χ0v) is 14.8. The van der Waals surface area contributed by atoms with E-state index in [4.69, 9.17) is 0 Å². The van der Waals surface area contributed by atoms with Crippen LogP contribution in [0.1, 0.15) is 44.4 Å². The van der Waals surface area contributed by atoms with Crippen molar-refractivity contribution in [3.8, 4) is 0 Å². The quantitative estimate of drug-likeness (QED) is 0.819. The molecule has 0 unspecified atom stereocenters. The molecule has 2 N–H and O–H groups in total. The molecule has 130 valence electrons. The molecule has 1 saturated carbocycles. The molecule has 7 heteroatoms. The fourth-order valence-corrected chi connectivity index (χ4v) is 4.26. The molecule has 2 heterocycles. The van der Waals surface area contributed by atoms with Crippen molar-refractivity contribution < 1.29 is 14.4 Å². The van der Waals surface area contributed by atoms with E-state index in [2.05, 4.69) is 10.6 Å². The minimum atomic E-state index is -0.801. The van der Waals surface area contributed by atoms with Gasteiger partial charge in [-0.05, 0) is 51.0 Å². The summed E-state index contributed by atoms with van der Waals surface area (Å²) in [6, 6.07) is 3.74. The van der Waals surface area contributed by atoms with Crippen LogP contribution in [0, 0.1) is 5.92 Å². The van der Waals surface area contributed by atoms with Gasteiger partial charge in [-0.3, -0.25) is 14.9 Å². The van der Waals surface area contributed by atoms with E-state index in [9.17, 15) is 14.4 Å². The smallest absolute Gasteiger partial charge is 0.322 e. The molecular formula is C17H23N3O3S. The van der Waals surface area contributed by atoms with Gasteiger partial charge in [0.1, 0.15) is 5.54 Å². The summed E-state index contributed by atoms with van der Waals surface area (Å²) < 4.78 is 0. The second-order valence-corrected chi connectivity index (χ2v) is 7.94. The van der Waals surface area contributed by atoms with Crippen molar-refractivity contribution >= 4 is 29.2 Å². The largest absolute Gasteiger partial charge is 0.335 e. The molecule has 24 heavy (non-hydrogen) atoms. The van der Waals surface area contributed by atoms with Gasteiger partial charge in [0.2, 0.25) is 5.91 Å². The van der Waals surface area contributed by atoms with Crippen LogP contribution in [0.4, 0.5) is 4.79 Å². The summed E-state index contributed by atoms with van der Waals surface area (Å²) in [6.07, 6.45) is 2.29. The lowest BCUT2D eigenvalue weighted by Gasteiger charge is -2.37. The summed E-state index contributed by atoms with van der Waals surface area (Å²) in [4.78, 5) is 39.5. The fourth-order valence-electron chi connectivity index (χ4n) is 3.56. The van der Waals surface area contributed by atoms with Crippen molar-refractivity contribution in [1.82, 2.24) is 15.5 Å². The number of rotatable bonds is 4. The molecule has 3 rings (SSSR count). The lowest BCUT2D eigenvalue weighted by molar-refractivity contribution is -0.140. The highest BCUT2D eigenvalue weighted by Gasteiger charge is 2.49. The van der Waals surface area contributed by atoms with Crippen LogP contribution >= 0.6 is 11.3 Å². The molecule has 2 fully saturated rings. The van der Waals surface area contributed by atoms with Crippen LogP contribution in [-0.2, 0) is 16.1 Å². The Balaban J connectivity index is 1.65. The first-order valence-electron chi connectivity index (χ1n) is 8.38. The lowest BCUT2D eigenvalue weighted by atomic mass is 9.76. The molecule has 2 aliphatic rings. The lowest BCUT2D eigenvalue weighted by Crippen LogP contribution is -2.51. The van der Waals surface area contributed by atoms with Crippen LogP contribution in [0.25, 0.3) is 0 Å². The van der Waals surface area contributed by atoms with Gasteiger partial charge in [0.05, 0.1) is 6.54 Å². The highest BCUT2D eigenvalue weighted by molar-refractivity contribution is 7.09. The molecule has 1 aliphatic carbocycles. The van der Waals surface area contributed by atoms with E-state index in [-0.39, 0.29) is 23.8 Å². The summed E-state index contributed by atoms with van der Waals surface area (Å²) in [5.41, 5.74) is -0.801. The molecule has 1 spiro atoms. The number of hydrogen-bond acceptors (Lipinski definition) is 4. The minimum Gasteiger partial charge on any atom is -0.335 e. The van der Waals surface area contributed by atoms with Gasteiger partial charge < -0.3 is 10.2 Å². The van der Waals surface area contributed by atoms with E-state index >= 15 is 0 Å². The zero-order valence-electron chi connectivity index (χ0n) is 14.0. The van der Waals surface area contributed by atoms with E-state index in [0.29, 0.717) is 32.2 Å². The average Bonchev–Trinajstić information content (AvgIpc) is 3.13. The number of imide groups is 1. The Hall–Kier alpha value is -1.89. The summed E-state index contributed by atoms with van der Waals surface area (Å²) >= 11 is 1.65. The van der Waals surface area contributed by atoms with Gasteiger partial charge in [0, 0.05) is 16.8 Å². The van der Waals surface area contributed by atoms with Crippen molar-refractivity contribution in [2.45, 2.75) is 57.7 Å². The summed E-state index contributed by atoms with van der Waals surface area (Å²) in [6.45, 7) is 4.69. The van der Waals surface area contributed by atoms with E-state index < -0.39 is 11.6 Å². The third kappa shape index (κ3) is 3.17. The number of carbonyl (C=O) groups is 3. The van der Waals surface area contributed by atoms with Crippen LogP contribution in [-0.4, -0.2) is 34.3 Å². The molecule has 1 saturated heterocycles. The summed E-state index contributed by atoms with van der Waals surface area (Å²) in [7, 11) is 0. The second kappa shape index (κ2) is 6.55. The Morgan fingerprint density at radius 2 is 2.08 bits per heavy atom. The van der Waals surface area contributed by atoms with Gasteiger partial charge in [-0.25, -0.2) is 4.79 Å². The van der Waals surface area contributed by atoms with E-state index in [0.717, 1.165) is 0 Å². The SMILES string of the molecule is CC(C)N(Cc1cccs1)C(=O)C1CCC2(CC1)NC(=O)NC2=O. The van der Waals surface area contributed by atoms with Crippen molar-refractivity contribution in [2.24, 2.45) is 5.92 Å². The predicted molar refractivity (Wildman–Crippen MR) is 91.4 cm³/mol. The maximum atomic E-state index is 13.0. The minimum absolute atomic E-state index is 0.0803. The van der Waals surface area contributed by atoms with Crippen molar-refractivity contribution in [1.29, 1.82) is 0 Å². The van der Waals surface area contributed by atoms with Gasteiger partial charge in [0.15, 0.2) is 0 Å². The van der Waals surface area contributed by atoms with Crippen molar-refractivity contribution in [3.05, 3.63) is 22.4 Å². The molecule has 0 radical (unpaired) electrons. The Labute approximate surface area is 145 Å². The van der Waals surface area contributed by atoms with E-state index in [1.165, 1.54) is 4.88 Å². The fraction of sp³-hybridized carbons (Fsp3) is 0.588. The molecule has 1 aliphatic heterocycles. The highest BCUT2D eigenvalue weighted by atomic mass is 32.1. The zero-order chi connectivity index (χ0) is 17.3. The van der Waals surface area contributed by atoms with Crippen LogP contribution in [0.15, 0.2) is 17.5 Å².